The Labute approximate surface area is 122 Å². The van der Waals surface area contributed by atoms with Crippen LogP contribution in [0.25, 0.3) is 0 Å². The van der Waals surface area contributed by atoms with Crippen LogP contribution in [0.3, 0.4) is 0 Å². The number of piperidine rings is 1. The van der Waals surface area contributed by atoms with Crippen LogP contribution < -0.4 is 5.32 Å². The van der Waals surface area contributed by atoms with Gasteiger partial charge in [-0.05, 0) is 38.5 Å². The quantitative estimate of drug-likeness (QED) is 0.845. The Bertz CT molecular complexity index is 399. The highest BCUT2D eigenvalue weighted by Crippen LogP contribution is 2.31. The zero-order valence-electron chi connectivity index (χ0n) is 11.4. The van der Waals surface area contributed by atoms with Crippen molar-refractivity contribution in [1.29, 1.82) is 0 Å². The number of halogens is 1. The molecule has 3 rings (SSSR count). The normalized spacial score (nSPS) is 35.6. The fraction of sp³-hybridized carbons (Fsp3) is 1.00. The predicted molar refractivity (Wildman–Crippen MR) is 77.7 cm³/mol. The van der Waals surface area contributed by atoms with Crippen LogP contribution in [0.15, 0.2) is 0 Å². The summed E-state index contributed by atoms with van der Waals surface area (Å²) in [7, 11) is -1.45. The molecule has 3 fully saturated rings. The zero-order valence-corrected chi connectivity index (χ0v) is 13.0. The molecule has 19 heavy (non-hydrogen) atoms. The summed E-state index contributed by atoms with van der Waals surface area (Å²) in [6.07, 6.45) is 6.37. The summed E-state index contributed by atoms with van der Waals surface area (Å²) < 4.78 is 28.3. The lowest BCUT2D eigenvalue weighted by Gasteiger charge is -2.36. The largest absolute Gasteiger partial charge is 0.311 e. The minimum Gasteiger partial charge on any atom is -0.311 e. The lowest BCUT2D eigenvalue weighted by Crippen LogP contribution is -2.51. The van der Waals surface area contributed by atoms with Gasteiger partial charge >= 0.3 is 0 Å². The summed E-state index contributed by atoms with van der Waals surface area (Å²) in [6, 6.07) is 1.25. The lowest BCUT2D eigenvalue weighted by molar-refractivity contribution is 0.240. The van der Waals surface area contributed by atoms with Gasteiger partial charge in [0, 0.05) is 38.3 Å². The van der Waals surface area contributed by atoms with Crippen molar-refractivity contribution in [2.45, 2.75) is 56.7 Å². The molecule has 2 bridgehead atoms. The molecule has 112 valence electrons. The molecule has 3 saturated heterocycles. The Kier molecular flexibility index (Phi) is 4.78. The van der Waals surface area contributed by atoms with Crippen LogP contribution >= 0.6 is 12.4 Å². The third-order valence-electron chi connectivity index (χ3n) is 4.72. The van der Waals surface area contributed by atoms with Crippen molar-refractivity contribution in [2.24, 2.45) is 0 Å². The minimum atomic E-state index is -3.22. The van der Waals surface area contributed by atoms with Gasteiger partial charge in [0.2, 0.25) is 0 Å². The summed E-state index contributed by atoms with van der Waals surface area (Å²) in [5.74, 6) is 0. The summed E-state index contributed by atoms with van der Waals surface area (Å²) in [6.45, 7) is 1.40. The Balaban J connectivity index is 0.00000133. The summed E-state index contributed by atoms with van der Waals surface area (Å²) in [4.78, 5) is 0. The molecule has 7 heteroatoms. The van der Waals surface area contributed by atoms with Gasteiger partial charge in [0.25, 0.3) is 10.2 Å². The van der Waals surface area contributed by atoms with E-state index in [0.29, 0.717) is 25.2 Å². The van der Waals surface area contributed by atoms with E-state index in [1.54, 1.807) is 15.7 Å². The maximum absolute atomic E-state index is 12.5. The van der Waals surface area contributed by atoms with Crippen LogP contribution in [-0.2, 0) is 10.2 Å². The Hall–Kier alpha value is 0.120. The molecule has 0 aromatic carbocycles. The average Bonchev–Trinajstić information content (AvgIpc) is 2.98. The molecule has 2 unspecified atom stereocenters. The van der Waals surface area contributed by atoms with Crippen molar-refractivity contribution < 1.29 is 8.42 Å². The highest BCUT2D eigenvalue weighted by atomic mass is 35.5. The minimum absolute atomic E-state index is 0. The molecule has 3 aliphatic rings. The average molecular weight is 310 g/mol. The number of hydrogen-bond acceptors (Lipinski definition) is 3. The number of nitrogens with one attached hydrogen (secondary N) is 1. The van der Waals surface area contributed by atoms with E-state index in [-0.39, 0.29) is 18.4 Å². The molecule has 0 aliphatic carbocycles. The van der Waals surface area contributed by atoms with E-state index in [1.807, 2.05) is 0 Å². The molecule has 2 atom stereocenters. The van der Waals surface area contributed by atoms with Gasteiger partial charge in [-0.25, -0.2) is 0 Å². The van der Waals surface area contributed by atoms with Gasteiger partial charge in [0.05, 0.1) is 0 Å². The maximum atomic E-state index is 12.5. The Morgan fingerprint density at radius 3 is 2.16 bits per heavy atom. The van der Waals surface area contributed by atoms with Gasteiger partial charge in [0.15, 0.2) is 0 Å². The molecule has 0 aromatic rings. The summed E-state index contributed by atoms with van der Waals surface area (Å²) >= 11 is 0. The monoisotopic (exact) mass is 309 g/mol. The van der Waals surface area contributed by atoms with E-state index in [0.717, 1.165) is 25.7 Å². The number of rotatable bonds is 3. The van der Waals surface area contributed by atoms with Crippen molar-refractivity contribution in [1.82, 2.24) is 13.9 Å². The molecular weight excluding hydrogens is 286 g/mol. The first kappa shape index (κ1) is 15.5. The molecule has 0 saturated carbocycles. The van der Waals surface area contributed by atoms with Crippen LogP contribution in [0, 0.1) is 0 Å². The lowest BCUT2D eigenvalue weighted by atomic mass is 10.0. The van der Waals surface area contributed by atoms with Crippen molar-refractivity contribution in [3.63, 3.8) is 0 Å². The predicted octanol–water partition coefficient (Wildman–Crippen LogP) is 0.964. The van der Waals surface area contributed by atoms with Gasteiger partial charge in [-0.3, -0.25) is 0 Å². The number of fused-ring (bicyclic) bond motifs is 2. The smallest absolute Gasteiger partial charge is 0.281 e. The number of nitrogens with zero attached hydrogens (tertiary/aromatic N) is 2. The van der Waals surface area contributed by atoms with Gasteiger partial charge in [0.1, 0.15) is 0 Å². The summed E-state index contributed by atoms with van der Waals surface area (Å²) in [5.41, 5.74) is 0. The molecule has 0 radical (unpaired) electrons. The highest BCUT2D eigenvalue weighted by Gasteiger charge is 2.40. The number of hydrogen-bond donors (Lipinski definition) is 1. The van der Waals surface area contributed by atoms with E-state index in [4.69, 9.17) is 0 Å². The topological polar surface area (TPSA) is 52.7 Å². The first-order chi connectivity index (χ1) is 8.57. The Morgan fingerprint density at radius 2 is 1.63 bits per heavy atom. The third-order valence-corrected chi connectivity index (χ3v) is 6.76. The summed E-state index contributed by atoms with van der Waals surface area (Å²) in [5, 5.41) is 3.56. The standard InChI is InChI=1S/C12H23N3O2S.ClH/c1-14(18(16,17)15-6-2-3-7-15)12-8-10-4-5-11(9-12)13-10;/h10-13H,2-9H2,1H3;1H. The van der Waals surface area contributed by atoms with Crippen LogP contribution in [0.4, 0.5) is 0 Å². The van der Waals surface area contributed by atoms with E-state index in [1.165, 1.54) is 12.8 Å². The molecule has 3 aliphatic heterocycles. The van der Waals surface area contributed by atoms with Crippen LogP contribution in [-0.4, -0.2) is 55.3 Å². The van der Waals surface area contributed by atoms with Crippen molar-refractivity contribution in [3.8, 4) is 0 Å². The molecule has 0 amide bonds. The van der Waals surface area contributed by atoms with Gasteiger partial charge in [-0.15, -0.1) is 12.4 Å². The van der Waals surface area contributed by atoms with Crippen LogP contribution in [0.1, 0.15) is 38.5 Å². The third kappa shape index (κ3) is 2.93. The maximum Gasteiger partial charge on any atom is 0.281 e. The van der Waals surface area contributed by atoms with Gasteiger partial charge < -0.3 is 5.32 Å². The second kappa shape index (κ2) is 5.85. The van der Waals surface area contributed by atoms with E-state index < -0.39 is 10.2 Å². The van der Waals surface area contributed by atoms with Gasteiger partial charge in [-0.2, -0.15) is 17.0 Å². The van der Waals surface area contributed by atoms with E-state index >= 15 is 0 Å². The molecule has 5 nitrogen and oxygen atoms in total. The molecule has 0 aromatic heterocycles. The fourth-order valence-corrected chi connectivity index (χ4v) is 5.25. The van der Waals surface area contributed by atoms with Crippen molar-refractivity contribution in [2.75, 3.05) is 20.1 Å². The fourth-order valence-electron chi connectivity index (χ4n) is 3.61. The SMILES string of the molecule is CN(C1CC2CCC(C1)N2)S(=O)(=O)N1CCCC1.Cl. The van der Waals surface area contributed by atoms with Gasteiger partial charge in [-0.1, -0.05) is 0 Å². The molecule has 1 N–H and O–H groups in total. The first-order valence-electron chi connectivity index (χ1n) is 7.06. The molecule has 3 heterocycles. The highest BCUT2D eigenvalue weighted by molar-refractivity contribution is 7.86. The van der Waals surface area contributed by atoms with Crippen LogP contribution in [0.5, 0.6) is 0 Å². The van der Waals surface area contributed by atoms with Crippen LogP contribution in [0.2, 0.25) is 0 Å². The zero-order chi connectivity index (χ0) is 12.8. The Morgan fingerprint density at radius 1 is 1.11 bits per heavy atom. The second-order valence-electron chi connectivity index (χ2n) is 5.89. The van der Waals surface area contributed by atoms with E-state index in [9.17, 15) is 8.42 Å². The van der Waals surface area contributed by atoms with Crippen molar-refractivity contribution in [3.05, 3.63) is 0 Å². The van der Waals surface area contributed by atoms with Crippen molar-refractivity contribution >= 4 is 22.6 Å². The second-order valence-corrected chi connectivity index (χ2v) is 7.88. The molecular formula is C12H24ClN3O2S. The first-order valence-corrected chi connectivity index (χ1v) is 8.46. The van der Waals surface area contributed by atoms with E-state index in [2.05, 4.69) is 5.32 Å². The molecule has 0 spiro atoms.